The van der Waals surface area contributed by atoms with Crippen molar-refractivity contribution in [3.63, 3.8) is 0 Å². The molecule has 1 amide bonds. The van der Waals surface area contributed by atoms with Gasteiger partial charge in [0.25, 0.3) is 0 Å². The molecule has 0 aromatic carbocycles. The molecule has 4 nitrogen and oxygen atoms in total. The van der Waals surface area contributed by atoms with E-state index in [1.165, 1.54) is 25.7 Å². The summed E-state index contributed by atoms with van der Waals surface area (Å²) in [6, 6.07) is 0. The number of hydrogen-bond donors (Lipinski definition) is 2. The molecular weight excluding hydrogens is 262 g/mol. The molecular formula is C17H33N3O. The summed E-state index contributed by atoms with van der Waals surface area (Å²) in [4.78, 5) is 15.1. The lowest BCUT2D eigenvalue weighted by Crippen LogP contribution is -2.50. The fourth-order valence-corrected chi connectivity index (χ4v) is 3.75. The third-order valence-corrected chi connectivity index (χ3v) is 5.80. The molecule has 0 spiro atoms. The van der Waals surface area contributed by atoms with Crippen LogP contribution >= 0.6 is 0 Å². The molecule has 0 aromatic heterocycles. The van der Waals surface area contributed by atoms with E-state index in [0.29, 0.717) is 6.54 Å². The van der Waals surface area contributed by atoms with Gasteiger partial charge in [-0.15, -0.1) is 0 Å². The van der Waals surface area contributed by atoms with Crippen LogP contribution < -0.4 is 11.1 Å². The second-order valence-electron chi connectivity index (χ2n) is 7.70. The van der Waals surface area contributed by atoms with E-state index in [-0.39, 0.29) is 16.7 Å². The van der Waals surface area contributed by atoms with Crippen molar-refractivity contribution in [3.05, 3.63) is 0 Å². The fraction of sp³-hybridized carbons (Fsp3) is 0.941. The standard InChI is InChI=1S/C17H33N3O/c1-16(9-11-20(2)12-10-16)14-19-15(21)17(13-18)7-5-3-4-6-8-17/h3-14,18H2,1-2H3,(H,19,21). The third kappa shape index (κ3) is 4.19. The summed E-state index contributed by atoms with van der Waals surface area (Å²) in [7, 11) is 2.17. The van der Waals surface area contributed by atoms with E-state index in [4.69, 9.17) is 5.73 Å². The van der Waals surface area contributed by atoms with Crippen LogP contribution in [0, 0.1) is 10.8 Å². The predicted octanol–water partition coefficient (Wildman–Crippen LogP) is 2.13. The first kappa shape index (κ1) is 16.8. The van der Waals surface area contributed by atoms with Crippen LogP contribution in [0.2, 0.25) is 0 Å². The van der Waals surface area contributed by atoms with Gasteiger partial charge in [-0.05, 0) is 51.2 Å². The summed E-state index contributed by atoms with van der Waals surface area (Å²) in [6.07, 6.45) is 9.06. The van der Waals surface area contributed by atoms with Crippen LogP contribution in [0.1, 0.15) is 58.3 Å². The van der Waals surface area contributed by atoms with Gasteiger partial charge in [0.2, 0.25) is 5.91 Å². The minimum absolute atomic E-state index is 0.215. The Morgan fingerprint density at radius 2 is 1.67 bits per heavy atom. The lowest BCUT2D eigenvalue weighted by atomic mass is 9.77. The van der Waals surface area contributed by atoms with Crippen molar-refractivity contribution in [2.75, 3.05) is 33.2 Å². The highest BCUT2D eigenvalue weighted by atomic mass is 16.2. The van der Waals surface area contributed by atoms with Gasteiger partial charge in [0, 0.05) is 13.1 Å². The lowest BCUT2D eigenvalue weighted by Gasteiger charge is -2.39. The Morgan fingerprint density at radius 1 is 1.10 bits per heavy atom. The Balaban J connectivity index is 1.90. The van der Waals surface area contributed by atoms with Crippen molar-refractivity contribution in [2.24, 2.45) is 16.6 Å². The molecule has 3 N–H and O–H groups in total. The smallest absolute Gasteiger partial charge is 0.227 e. The van der Waals surface area contributed by atoms with E-state index in [0.717, 1.165) is 45.3 Å². The first-order valence-electron chi connectivity index (χ1n) is 8.67. The number of nitrogens with one attached hydrogen (secondary N) is 1. The maximum absolute atomic E-state index is 12.8. The van der Waals surface area contributed by atoms with Crippen molar-refractivity contribution >= 4 is 5.91 Å². The number of likely N-dealkylation sites (tertiary alicyclic amines) is 1. The highest BCUT2D eigenvalue weighted by Gasteiger charge is 2.38. The van der Waals surface area contributed by atoms with Gasteiger partial charge >= 0.3 is 0 Å². The highest BCUT2D eigenvalue weighted by molar-refractivity contribution is 5.83. The second-order valence-corrected chi connectivity index (χ2v) is 7.70. The van der Waals surface area contributed by atoms with Crippen LogP contribution in [0.25, 0.3) is 0 Å². The molecule has 1 saturated carbocycles. The van der Waals surface area contributed by atoms with Crippen molar-refractivity contribution in [3.8, 4) is 0 Å². The van der Waals surface area contributed by atoms with E-state index in [1.807, 2.05) is 0 Å². The Labute approximate surface area is 129 Å². The van der Waals surface area contributed by atoms with Crippen molar-refractivity contribution in [2.45, 2.75) is 58.3 Å². The minimum atomic E-state index is -0.293. The first-order chi connectivity index (χ1) is 10.00. The number of nitrogens with two attached hydrogens (primary N) is 1. The van der Waals surface area contributed by atoms with Crippen LogP contribution in [-0.2, 0) is 4.79 Å². The molecule has 2 fully saturated rings. The largest absolute Gasteiger partial charge is 0.355 e. The summed E-state index contributed by atoms with van der Waals surface area (Å²) >= 11 is 0. The predicted molar refractivity (Wildman–Crippen MR) is 87.0 cm³/mol. The average Bonchev–Trinajstić information content (AvgIpc) is 2.75. The normalized spacial score (nSPS) is 26.0. The molecule has 1 heterocycles. The molecule has 122 valence electrons. The molecule has 2 aliphatic rings. The number of nitrogens with zero attached hydrogens (tertiary/aromatic N) is 1. The molecule has 21 heavy (non-hydrogen) atoms. The van der Waals surface area contributed by atoms with Crippen LogP contribution in [0.15, 0.2) is 0 Å². The fourth-order valence-electron chi connectivity index (χ4n) is 3.75. The quantitative estimate of drug-likeness (QED) is 0.781. The maximum atomic E-state index is 12.8. The van der Waals surface area contributed by atoms with E-state index in [2.05, 4.69) is 24.2 Å². The highest BCUT2D eigenvalue weighted by Crippen LogP contribution is 2.35. The van der Waals surface area contributed by atoms with E-state index in [1.54, 1.807) is 0 Å². The number of hydrogen-bond acceptors (Lipinski definition) is 3. The van der Waals surface area contributed by atoms with Gasteiger partial charge in [-0.2, -0.15) is 0 Å². The Kier molecular flexibility index (Phi) is 5.67. The first-order valence-corrected chi connectivity index (χ1v) is 8.67. The molecule has 0 aromatic rings. The van der Waals surface area contributed by atoms with Crippen LogP contribution in [0.5, 0.6) is 0 Å². The minimum Gasteiger partial charge on any atom is -0.355 e. The maximum Gasteiger partial charge on any atom is 0.227 e. The molecule has 2 rings (SSSR count). The van der Waals surface area contributed by atoms with Gasteiger partial charge in [0.1, 0.15) is 0 Å². The molecule has 0 radical (unpaired) electrons. The molecule has 1 aliphatic heterocycles. The number of piperidine rings is 1. The molecule has 0 atom stereocenters. The summed E-state index contributed by atoms with van der Waals surface area (Å²) < 4.78 is 0. The van der Waals surface area contributed by atoms with Crippen molar-refractivity contribution in [1.29, 1.82) is 0 Å². The third-order valence-electron chi connectivity index (χ3n) is 5.80. The molecule has 1 aliphatic carbocycles. The average molecular weight is 295 g/mol. The number of carbonyl (C=O) groups excluding carboxylic acids is 1. The van der Waals surface area contributed by atoms with E-state index < -0.39 is 0 Å². The summed E-state index contributed by atoms with van der Waals surface area (Å²) in [5.41, 5.74) is 5.96. The molecule has 0 unspecified atom stereocenters. The van der Waals surface area contributed by atoms with E-state index in [9.17, 15) is 4.79 Å². The van der Waals surface area contributed by atoms with Crippen molar-refractivity contribution in [1.82, 2.24) is 10.2 Å². The number of rotatable bonds is 4. The summed E-state index contributed by atoms with van der Waals surface area (Å²) in [5.74, 6) is 0.215. The van der Waals surface area contributed by atoms with Gasteiger partial charge in [0.15, 0.2) is 0 Å². The SMILES string of the molecule is CN1CCC(C)(CNC(=O)C2(CN)CCCCCC2)CC1. The van der Waals surface area contributed by atoms with Gasteiger partial charge in [-0.25, -0.2) is 0 Å². The molecule has 1 saturated heterocycles. The zero-order valence-corrected chi connectivity index (χ0v) is 13.9. The zero-order chi connectivity index (χ0) is 15.3. The Morgan fingerprint density at radius 3 is 2.19 bits per heavy atom. The van der Waals surface area contributed by atoms with Crippen LogP contribution in [0.3, 0.4) is 0 Å². The van der Waals surface area contributed by atoms with Gasteiger partial charge in [-0.3, -0.25) is 4.79 Å². The van der Waals surface area contributed by atoms with Gasteiger partial charge in [0.05, 0.1) is 5.41 Å². The van der Waals surface area contributed by atoms with Crippen LogP contribution in [-0.4, -0.2) is 44.0 Å². The summed E-state index contributed by atoms with van der Waals surface area (Å²) in [5, 5.41) is 3.26. The molecule has 0 bridgehead atoms. The number of amides is 1. The Bertz CT molecular complexity index is 340. The lowest BCUT2D eigenvalue weighted by molar-refractivity contribution is -0.132. The molecule has 4 heteroatoms. The Hall–Kier alpha value is -0.610. The zero-order valence-electron chi connectivity index (χ0n) is 13.9. The summed E-state index contributed by atoms with van der Waals surface area (Å²) in [6.45, 7) is 5.88. The van der Waals surface area contributed by atoms with Gasteiger partial charge in [-0.1, -0.05) is 32.6 Å². The van der Waals surface area contributed by atoms with Gasteiger partial charge < -0.3 is 16.0 Å². The second kappa shape index (κ2) is 7.10. The monoisotopic (exact) mass is 295 g/mol. The topological polar surface area (TPSA) is 58.4 Å². The van der Waals surface area contributed by atoms with Crippen molar-refractivity contribution < 1.29 is 4.79 Å². The number of carbonyl (C=O) groups is 1. The van der Waals surface area contributed by atoms with E-state index >= 15 is 0 Å². The van der Waals surface area contributed by atoms with Crippen LogP contribution in [0.4, 0.5) is 0 Å².